The van der Waals surface area contributed by atoms with Crippen molar-refractivity contribution < 1.29 is 23.5 Å². The molecule has 0 radical (unpaired) electrons. The highest BCUT2D eigenvalue weighted by Gasteiger charge is 2.18. The molecule has 35 heavy (non-hydrogen) atoms. The summed E-state index contributed by atoms with van der Waals surface area (Å²) in [6.07, 6.45) is 0.161. The average Bonchev–Trinajstić information content (AvgIpc) is 3.30. The van der Waals surface area contributed by atoms with Crippen LogP contribution in [0.2, 0.25) is 0 Å². The number of anilines is 1. The normalized spacial score (nSPS) is 11.9. The lowest BCUT2D eigenvalue weighted by atomic mass is 10.1. The summed E-state index contributed by atoms with van der Waals surface area (Å²) < 4.78 is 24.0. The molecular weight excluding hydrogens is 449 g/mol. The maximum Gasteiger partial charge on any atom is 0.322 e. The number of carbonyl (C=O) groups excluding carboxylic acids is 2. The van der Waals surface area contributed by atoms with Gasteiger partial charge in [-0.1, -0.05) is 30.3 Å². The Morgan fingerprint density at radius 3 is 2.46 bits per heavy atom. The molecule has 182 valence electrons. The molecule has 0 aliphatic carbocycles. The highest BCUT2D eigenvalue weighted by Crippen LogP contribution is 2.32. The van der Waals surface area contributed by atoms with Crippen LogP contribution in [-0.2, 0) is 24.3 Å². The van der Waals surface area contributed by atoms with E-state index in [2.05, 4.69) is 10.6 Å². The second-order valence-electron chi connectivity index (χ2n) is 8.63. The van der Waals surface area contributed by atoms with Crippen LogP contribution >= 0.6 is 0 Å². The number of hydrogen-bond donors (Lipinski definition) is 2. The molecule has 1 aliphatic rings. The van der Waals surface area contributed by atoms with E-state index in [0.29, 0.717) is 23.7 Å². The molecule has 3 amide bonds. The zero-order valence-electron chi connectivity index (χ0n) is 19.7. The van der Waals surface area contributed by atoms with Crippen LogP contribution in [0.4, 0.5) is 14.9 Å². The fourth-order valence-electron chi connectivity index (χ4n) is 3.71. The van der Waals surface area contributed by atoms with Crippen molar-refractivity contribution in [3.8, 4) is 11.5 Å². The van der Waals surface area contributed by atoms with Crippen molar-refractivity contribution in [3.05, 3.63) is 89.2 Å². The quantitative estimate of drug-likeness (QED) is 0.499. The van der Waals surface area contributed by atoms with Gasteiger partial charge in [-0.25, -0.2) is 9.18 Å². The number of halogens is 1. The topological polar surface area (TPSA) is 79.9 Å². The van der Waals surface area contributed by atoms with Gasteiger partial charge in [0.2, 0.25) is 12.7 Å². The molecule has 7 nitrogen and oxygen atoms in total. The van der Waals surface area contributed by atoms with Crippen molar-refractivity contribution in [2.45, 2.75) is 39.4 Å². The van der Waals surface area contributed by atoms with E-state index in [4.69, 9.17) is 9.47 Å². The molecule has 0 bridgehead atoms. The molecule has 0 unspecified atom stereocenters. The molecule has 3 aromatic rings. The van der Waals surface area contributed by atoms with E-state index in [-0.39, 0.29) is 43.6 Å². The van der Waals surface area contributed by atoms with E-state index in [1.807, 2.05) is 56.3 Å². The summed E-state index contributed by atoms with van der Waals surface area (Å²) in [5.41, 5.74) is 3.12. The first-order valence-corrected chi connectivity index (χ1v) is 11.4. The van der Waals surface area contributed by atoms with E-state index in [1.54, 1.807) is 17.0 Å². The van der Waals surface area contributed by atoms with Gasteiger partial charge in [0.05, 0.1) is 13.0 Å². The maximum absolute atomic E-state index is 13.3. The SMILES string of the molecule is CC(C)NC(=O)N(Cc1ccc(F)cc1)c1cccc(CC(=O)NCc2ccc3c(c2)OCO3)c1. The fourth-order valence-corrected chi connectivity index (χ4v) is 3.71. The van der Waals surface area contributed by atoms with Crippen molar-refractivity contribution in [2.24, 2.45) is 0 Å². The van der Waals surface area contributed by atoms with Crippen LogP contribution in [0.5, 0.6) is 11.5 Å². The lowest BCUT2D eigenvalue weighted by molar-refractivity contribution is -0.120. The lowest BCUT2D eigenvalue weighted by Gasteiger charge is -2.25. The van der Waals surface area contributed by atoms with Gasteiger partial charge in [-0.2, -0.15) is 0 Å². The molecular formula is C27H28FN3O4. The summed E-state index contributed by atoms with van der Waals surface area (Å²) in [6.45, 7) is 4.60. The number of benzene rings is 3. The monoisotopic (exact) mass is 477 g/mol. The Labute approximate surface area is 203 Å². The number of amides is 3. The molecule has 0 saturated carbocycles. The summed E-state index contributed by atoms with van der Waals surface area (Å²) in [7, 11) is 0. The fraction of sp³-hybridized carbons (Fsp3) is 0.259. The van der Waals surface area contributed by atoms with Gasteiger partial charge >= 0.3 is 6.03 Å². The van der Waals surface area contributed by atoms with Crippen molar-refractivity contribution in [3.63, 3.8) is 0 Å². The summed E-state index contributed by atoms with van der Waals surface area (Å²) in [5.74, 6) is 0.895. The Kier molecular flexibility index (Phi) is 7.50. The predicted octanol–water partition coefficient (Wildman–Crippen LogP) is 4.54. The first-order chi connectivity index (χ1) is 16.9. The summed E-state index contributed by atoms with van der Waals surface area (Å²) in [5, 5.41) is 5.82. The molecule has 3 aromatic carbocycles. The number of carbonyl (C=O) groups is 2. The molecule has 1 heterocycles. The van der Waals surface area contributed by atoms with Gasteiger partial charge < -0.3 is 20.1 Å². The standard InChI is InChI=1S/C27H28FN3O4/c1-18(2)30-27(33)31(16-19-6-9-22(28)10-7-19)23-5-3-4-20(12-23)14-26(32)29-15-21-8-11-24-25(13-21)35-17-34-24/h3-13,18H,14-17H2,1-2H3,(H,29,32)(H,30,33). The molecule has 0 fully saturated rings. The number of nitrogens with zero attached hydrogens (tertiary/aromatic N) is 1. The van der Waals surface area contributed by atoms with E-state index in [0.717, 1.165) is 16.7 Å². The van der Waals surface area contributed by atoms with Crippen molar-refractivity contribution >= 4 is 17.6 Å². The molecule has 1 aliphatic heterocycles. The Morgan fingerprint density at radius 2 is 1.69 bits per heavy atom. The van der Waals surface area contributed by atoms with Crippen LogP contribution in [0.3, 0.4) is 0 Å². The minimum atomic E-state index is -0.333. The van der Waals surface area contributed by atoms with E-state index in [9.17, 15) is 14.0 Å². The van der Waals surface area contributed by atoms with Gasteiger partial charge in [0.25, 0.3) is 0 Å². The van der Waals surface area contributed by atoms with E-state index in [1.165, 1.54) is 12.1 Å². The van der Waals surface area contributed by atoms with Crippen LogP contribution in [0, 0.1) is 5.82 Å². The molecule has 0 spiro atoms. The number of urea groups is 1. The lowest BCUT2D eigenvalue weighted by Crippen LogP contribution is -2.42. The summed E-state index contributed by atoms with van der Waals surface area (Å²) in [4.78, 5) is 27.1. The van der Waals surface area contributed by atoms with Gasteiger partial charge in [0.15, 0.2) is 11.5 Å². The zero-order valence-corrected chi connectivity index (χ0v) is 19.7. The van der Waals surface area contributed by atoms with Gasteiger partial charge in [-0.05, 0) is 66.9 Å². The third-order valence-corrected chi connectivity index (χ3v) is 5.42. The molecule has 0 saturated heterocycles. The Hall–Kier alpha value is -4.07. The van der Waals surface area contributed by atoms with Crippen molar-refractivity contribution in [1.82, 2.24) is 10.6 Å². The highest BCUT2D eigenvalue weighted by atomic mass is 19.1. The third-order valence-electron chi connectivity index (χ3n) is 5.42. The van der Waals surface area contributed by atoms with Gasteiger partial charge in [0, 0.05) is 18.3 Å². The molecule has 2 N–H and O–H groups in total. The van der Waals surface area contributed by atoms with Crippen molar-refractivity contribution in [2.75, 3.05) is 11.7 Å². The van der Waals surface area contributed by atoms with Crippen molar-refractivity contribution in [1.29, 1.82) is 0 Å². The number of fused-ring (bicyclic) bond motifs is 1. The van der Waals surface area contributed by atoms with Crippen LogP contribution in [0.25, 0.3) is 0 Å². The highest BCUT2D eigenvalue weighted by molar-refractivity contribution is 5.92. The zero-order chi connectivity index (χ0) is 24.8. The molecule has 4 rings (SSSR count). The molecule has 0 atom stereocenters. The largest absolute Gasteiger partial charge is 0.454 e. The van der Waals surface area contributed by atoms with Gasteiger partial charge in [-0.15, -0.1) is 0 Å². The predicted molar refractivity (Wildman–Crippen MR) is 131 cm³/mol. The van der Waals surface area contributed by atoms with Crippen LogP contribution < -0.4 is 25.0 Å². The van der Waals surface area contributed by atoms with E-state index >= 15 is 0 Å². The minimum absolute atomic E-state index is 0.0524. The second-order valence-corrected chi connectivity index (χ2v) is 8.63. The number of nitrogens with one attached hydrogen (secondary N) is 2. The number of rotatable bonds is 8. The number of hydrogen-bond acceptors (Lipinski definition) is 4. The van der Waals surface area contributed by atoms with Crippen LogP contribution in [0.1, 0.15) is 30.5 Å². The Balaban J connectivity index is 1.43. The maximum atomic E-state index is 13.3. The average molecular weight is 478 g/mol. The summed E-state index contributed by atoms with van der Waals surface area (Å²) in [6, 6.07) is 18.6. The Bertz CT molecular complexity index is 1200. The first-order valence-electron chi connectivity index (χ1n) is 11.4. The van der Waals surface area contributed by atoms with Gasteiger partial charge in [0.1, 0.15) is 5.82 Å². The smallest absolute Gasteiger partial charge is 0.322 e. The molecule has 0 aromatic heterocycles. The van der Waals surface area contributed by atoms with E-state index < -0.39 is 0 Å². The second kappa shape index (κ2) is 10.9. The first kappa shape index (κ1) is 24.1. The molecule has 8 heteroatoms. The van der Waals surface area contributed by atoms with Gasteiger partial charge in [-0.3, -0.25) is 9.69 Å². The Morgan fingerprint density at radius 1 is 0.943 bits per heavy atom. The number of ether oxygens (including phenoxy) is 2. The minimum Gasteiger partial charge on any atom is -0.454 e. The summed E-state index contributed by atoms with van der Waals surface area (Å²) >= 11 is 0. The third kappa shape index (κ3) is 6.50. The van der Waals surface area contributed by atoms with Crippen LogP contribution in [-0.4, -0.2) is 24.8 Å². The van der Waals surface area contributed by atoms with Crippen LogP contribution in [0.15, 0.2) is 66.7 Å².